The predicted octanol–water partition coefficient (Wildman–Crippen LogP) is 6.98. The SMILES string of the molecule is CC1(C)[C@H](C=C(Cl)C(F)(F)F)[C@@H]1C(=O)OC(c1cccc(Oc2ccccc2)n1)C(F)(F)F. The van der Waals surface area contributed by atoms with Crippen LogP contribution in [0.3, 0.4) is 0 Å². The van der Waals surface area contributed by atoms with Gasteiger partial charge in [0.2, 0.25) is 12.0 Å². The molecule has 0 radical (unpaired) electrons. The molecule has 1 heterocycles. The van der Waals surface area contributed by atoms with Crippen molar-refractivity contribution in [3.63, 3.8) is 0 Å². The van der Waals surface area contributed by atoms with E-state index in [0.29, 0.717) is 11.8 Å². The third-order valence-electron chi connectivity index (χ3n) is 5.27. The normalized spacial score (nSPS) is 21.3. The van der Waals surface area contributed by atoms with Crippen LogP contribution in [0.15, 0.2) is 59.6 Å². The largest absolute Gasteiger partial charge is 0.446 e. The van der Waals surface area contributed by atoms with Crippen LogP contribution in [0.5, 0.6) is 11.6 Å². The third kappa shape index (κ3) is 5.79. The first-order valence-electron chi connectivity index (χ1n) is 9.63. The molecule has 0 amide bonds. The maximum absolute atomic E-state index is 13.7. The minimum Gasteiger partial charge on any atom is -0.446 e. The van der Waals surface area contributed by atoms with E-state index in [1.54, 1.807) is 30.3 Å². The van der Waals surface area contributed by atoms with E-state index in [9.17, 15) is 31.1 Å². The van der Waals surface area contributed by atoms with E-state index >= 15 is 0 Å². The van der Waals surface area contributed by atoms with Gasteiger partial charge in [-0.15, -0.1) is 0 Å². The van der Waals surface area contributed by atoms with Crippen LogP contribution < -0.4 is 4.74 Å². The molecular formula is C22H18ClF6NO3. The monoisotopic (exact) mass is 493 g/mol. The topological polar surface area (TPSA) is 48.4 Å². The molecule has 2 aromatic rings. The fourth-order valence-corrected chi connectivity index (χ4v) is 3.55. The summed E-state index contributed by atoms with van der Waals surface area (Å²) in [6, 6.07) is 11.8. The molecule has 3 atom stereocenters. The van der Waals surface area contributed by atoms with Crippen molar-refractivity contribution in [3.8, 4) is 11.6 Å². The zero-order valence-corrected chi connectivity index (χ0v) is 18.0. The fourth-order valence-electron chi connectivity index (χ4n) is 3.42. The van der Waals surface area contributed by atoms with Gasteiger partial charge in [-0.25, -0.2) is 4.98 Å². The minimum atomic E-state index is -5.03. The Labute approximate surface area is 190 Å². The number of carbonyl (C=O) groups excluding carboxylic acids is 1. The van der Waals surface area contributed by atoms with Crippen molar-refractivity contribution in [2.24, 2.45) is 17.3 Å². The second kappa shape index (κ2) is 8.89. The lowest BCUT2D eigenvalue weighted by atomic mass is 10.1. The molecule has 4 nitrogen and oxygen atoms in total. The first kappa shape index (κ1) is 24.9. The maximum Gasteiger partial charge on any atom is 0.431 e. The number of carbonyl (C=O) groups is 1. The molecular weight excluding hydrogens is 476 g/mol. The van der Waals surface area contributed by atoms with Crippen molar-refractivity contribution in [1.82, 2.24) is 4.98 Å². The van der Waals surface area contributed by atoms with Crippen LogP contribution in [0.25, 0.3) is 0 Å². The number of halogens is 7. The van der Waals surface area contributed by atoms with Gasteiger partial charge in [0.15, 0.2) is 0 Å². The Morgan fingerprint density at radius 3 is 2.27 bits per heavy atom. The summed E-state index contributed by atoms with van der Waals surface area (Å²) >= 11 is 5.23. The van der Waals surface area contributed by atoms with Gasteiger partial charge in [0.1, 0.15) is 10.8 Å². The number of esters is 1. The summed E-state index contributed by atoms with van der Waals surface area (Å²) in [5.41, 5.74) is -1.70. The second-order valence-electron chi connectivity index (χ2n) is 8.01. The highest BCUT2D eigenvalue weighted by molar-refractivity contribution is 6.30. The van der Waals surface area contributed by atoms with Crippen molar-refractivity contribution >= 4 is 17.6 Å². The van der Waals surface area contributed by atoms with Gasteiger partial charge in [-0.05, 0) is 29.5 Å². The van der Waals surface area contributed by atoms with Gasteiger partial charge in [-0.3, -0.25) is 4.79 Å². The lowest BCUT2D eigenvalue weighted by Crippen LogP contribution is -2.28. The Kier molecular flexibility index (Phi) is 6.70. The average molecular weight is 494 g/mol. The van der Waals surface area contributed by atoms with Crippen LogP contribution in [0.4, 0.5) is 26.3 Å². The third-order valence-corrected chi connectivity index (χ3v) is 5.61. The number of para-hydroxylation sites is 1. The number of nitrogens with zero attached hydrogens (tertiary/aromatic N) is 1. The summed E-state index contributed by atoms with van der Waals surface area (Å²) in [5.74, 6) is -3.39. The van der Waals surface area contributed by atoms with Crippen molar-refractivity contribution < 1.29 is 40.6 Å². The van der Waals surface area contributed by atoms with Crippen LogP contribution in [0.2, 0.25) is 0 Å². The molecule has 1 aliphatic rings. The van der Waals surface area contributed by atoms with Crippen molar-refractivity contribution in [2.45, 2.75) is 32.3 Å². The molecule has 0 saturated heterocycles. The maximum atomic E-state index is 13.7. The van der Waals surface area contributed by atoms with Gasteiger partial charge in [0.05, 0.1) is 11.6 Å². The van der Waals surface area contributed by atoms with Gasteiger partial charge in [0.25, 0.3) is 0 Å². The first-order valence-corrected chi connectivity index (χ1v) is 10.0. The van der Waals surface area contributed by atoms with Crippen LogP contribution in [-0.2, 0) is 9.53 Å². The summed E-state index contributed by atoms with van der Waals surface area (Å²) in [4.78, 5) is 16.3. The standard InChI is InChI=1S/C22H18ClF6NO3/c1-20(2)13(11-15(23)21(24,25)26)17(20)19(31)33-18(22(27,28)29)14-9-6-10-16(30-14)32-12-7-4-3-5-8-12/h3-11,13,17-18H,1-2H3/t13-,17-,18?/m1/s1. The highest BCUT2D eigenvalue weighted by atomic mass is 35.5. The van der Waals surface area contributed by atoms with E-state index in [0.717, 1.165) is 6.07 Å². The van der Waals surface area contributed by atoms with Crippen molar-refractivity contribution in [1.29, 1.82) is 0 Å². The van der Waals surface area contributed by atoms with E-state index < -0.39 is 52.4 Å². The highest BCUT2D eigenvalue weighted by Gasteiger charge is 2.63. The minimum absolute atomic E-state index is 0.159. The Morgan fingerprint density at radius 1 is 1.06 bits per heavy atom. The molecule has 3 rings (SSSR count). The van der Waals surface area contributed by atoms with Crippen molar-refractivity contribution in [2.75, 3.05) is 0 Å². The zero-order chi connectivity index (χ0) is 24.6. The quantitative estimate of drug-likeness (QED) is 0.322. The van der Waals surface area contributed by atoms with Gasteiger partial charge in [-0.2, -0.15) is 26.3 Å². The molecule has 1 aromatic heterocycles. The van der Waals surface area contributed by atoms with Crippen molar-refractivity contribution in [3.05, 3.63) is 65.3 Å². The molecule has 0 bridgehead atoms. The van der Waals surface area contributed by atoms with Gasteiger partial charge in [0, 0.05) is 6.07 Å². The molecule has 1 unspecified atom stereocenters. The average Bonchev–Trinajstić information content (AvgIpc) is 3.25. The summed E-state index contributed by atoms with van der Waals surface area (Å²) in [6.45, 7) is 2.88. The summed E-state index contributed by atoms with van der Waals surface area (Å²) in [7, 11) is 0. The van der Waals surface area contributed by atoms with E-state index in [4.69, 9.17) is 21.1 Å². The number of rotatable bonds is 6. The van der Waals surface area contributed by atoms with Gasteiger partial charge < -0.3 is 9.47 Å². The molecule has 0 aliphatic heterocycles. The number of benzene rings is 1. The molecule has 33 heavy (non-hydrogen) atoms. The lowest BCUT2D eigenvalue weighted by molar-refractivity contribution is -0.226. The predicted molar refractivity (Wildman–Crippen MR) is 106 cm³/mol. The van der Waals surface area contributed by atoms with Gasteiger partial charge in [-0.1, -0.05) is 55.8 Å². The van der Waals surface area contributed by atoms with Crippen LogP contribution in [-0.4, -0.2) is 23.3 Å². The number of aromatic nitrogens is 1. The van der Waals surface area contributed by atoms with Crippen LogP contribution in [0, 0.1) is 17.3 Å². The molecule has 11 heteroatoms. The molecule has 178 valence electrons. The molecule has 1 aliphatic carbocycles. The van der Waals surface area contributed by atoms with E-state index in [2.05, 4.69) is 4.98 Å². The van der Waals surface area contributed by atoms with E-state index in [-0.39, 0.29) is 5.88 Å². The van der Waals surface area contributed by atoms with E-state index in [1.165, 1.54) is 26.0 Å². The molecule has 0 N–H and O–H groups in total. The number of pyridine rings is 1. The molecule has 0 spiro atoms. The Hall–Kier alpha value is -2.75. The summed E-state index contributed by atoms with van der Waals surface area (Å²) in [5, 5.41) is -1.45. The van der Waals surface area contributed by atoms with E-state index in [1.807, 2.05) is 0 Å². The molecule has 1 fully saturated rings. The smallest absolute Gasteiger partial charge is 0.431 e. The second-order valence-corrected chi connectivity index (χ2v) is 8.42. The van der Waals surface area contributed by atoms with Crippen LogP contribution >= 0.6 is 11.6 Å². The number of hydrogen-bond acceptors (Lipinski definition) is 4. The summed E-state index contributed by atoms with van der Waals surface area (Å²) in [6.07, 6.45) is -12.0. The highest BCUT2D eigenvalue weighted by Crippen LogP contribution is 2.61. The number of alkyl halides is 6. The fraction of sp³-hybridized carbons (Fsp3) is 0.364. The lowest BCUT2D eigenvalue weighted by Gasteiger charge is -2.21. The van der Waals surface area contributed by atoms with Crippen LogP contribution in [0.1, 0.15) is 25.6 Å². The number of hydrogen-bond donors (Lipinski definition) is 0. The molecule has 1 saturated carbocycles. The summed E-state index contributed by atoms with van der Waals surface area (Å²) < 4.78 is 89.5. The first-order chi connectivity index (χ1) is 15.2. The zero-order valence-electron chi connectivity index (χ0n) is 17.2. The van der Waals surface area contributed by atoms with Gasteiger partial charge >= 0.3 is 18.3 Å². The number of allylic oxidation sites excluding steroid dienone is 2. The number of ether oxygens (including phenoxy) is 2. The Bertz CT molecular complexity index is 1040. The Morgan fingerprint density at radius 2 is 1.70 bits per heavy atom. The Balaban J connectivity index is 1.81. The molecule has 1 aromatic carbocycles.